The smallest absolute Gasteiger partial charge is 0.241 e. The fraction of sp³-hybridized carbons (Fsp3) is 0.250. The first-order valence-corrected chi connectivity index (χ1v) is 9.95. The molecular weight excluding hydrogens is 362 g/mol. The van der Waals surface area contributed by atoms with Gasteiger partial charge in [-0.2, -0.15) is 5.26 Å². The summed E-state index contributed by atoms with van der Waals surface area (Å²) in [5.41, 5.74) is 2.65. The Labute approximate surface area is 170 Å². The third kappa shape index (κ3) is 3.88. The summed E-state index contributed by atoms with van der Waals surface area (Å²) in [7, 11) is 0. The van der Waals surface area contributed by atoms with E-state index < -0.39 is 0 Å². The maximum Gasteiger partial charge on any atom is 0.241 e. The lowest BCUT2D eigenvalue weighted by molar-refractivity contribution is -0.132. The largest absolute Gasteiger partial charge is 0.508 e. The van der Waals surface area contributed by atoms with Crippen molar-refractivity contribution in [1.29, 1.82) is 5.26 Å². The molecule has 0 saturated carbocycles. The van der Waals surface area contributed by atoms with Gasteiger partial charge in [-0.3, -0.25) is 14.8 Å². The number of amides is 1. The molecule has 1 fully saturated rings. The van der Waals surface area contributed by atoms with Crippen molar-refractivity contribution in [3.63, 3.8) is 0 Å². The topological polar surface area (TPSA) is 67.6 Å². The van der Waals surface area contributed by atoms with Gasteiger partial charge in [-0.15, -0.1) is 0 Å². The van der Waals surface area contributed by atoms with Gasteiger partial charge in [0.15, 0.2) is 0 Å². The molecule has 1 heterocycles. The number of hydrogen-bond acceptors (Lipinski definition) is 4. The maximum atomic E-state index is 13.1. The number of hydrogen-bond donors (Lipinski definition) is 1. The van der Waals surface area contributed by atoms with Crippen molar-refractivity contribution in [3.8, 4) is 11.8 Å². The van der Waals surface area contributed by atoms with Crippen molar-refractivity contribution in [1.82, 2.24) is 5.01 Å². The molecule has 0 bridgehead atoms. The second kappa shape index (κ2) is 8.24. The fourth-order valence-corrected chi connectivity index (χ4v) is 3.92. The van der Waals surface area contributed by atoms with Gasteiger partial charge in [0, 0.05) is 30.3 Å². The highest BCUT2D eigenvalue weighted by atomic mass is 16.3. The molecule has 3 aromatic carbocycles. The number of aromatic hydroxyl groups is 1. The minimum atomic E-state index is 0.0891. The van der Waals surface area contributed by atoms with Crippen molar-refractivity contribution >= 4 is 22.4 Å². The molecular formula is C24H23N3O2. The number of fused-ring (bicyclic) bond motifs is 1. The fourth-order valence-electron chi connectivity index (χ4n) is 3.92. The minimum absolute atomic E-state index is 0.0891. The Morgan fingerprint density at radius 1 is 0.966 bits per heavy atom. The number of phenols is 1. The molecule has 0 atom stereocenters. The zero-order chi connectivity index (χ0) is 20.2. The van der Waals surface area contributed by atoms with E-state index >= 15 is 0 Å². The van der Waals surface area contributed by atoms with Crippen LogP contribution in [0, 0.1) is 11.3 Å². The molecule has 146 valence electrons. The zero-order valence-corrected chi connectivity index (χ0v) is 16.2. The van der Waals surface area contributed by atoms with Crippen LogP contribution in [0.15, 0.2) is 60.7 Å². The van der Waals surface area contributed by atoms with Gasteiger partial charge in [-0.1, -0.05) is 36.4 Å². The Morgan fingerprint density at radius 2 is 1.69 bits per heavy atom. The highest BCUT2D eigenvalue weighted by Crippen LogP contribution is 2.32. The maximum absolute atomic E-state index is 13.1. The number of nitrogens with zero attached hydrogens (tertiary/aromatic N) is 3. The Hall–Kier alpha value is -3.52. The molecule has 1 aliphatic heterocycles. The van der Waals surface area contributed by atoms with Crippen molar-refractivity contribution in [2.24, 2.45) is 0 Å². The van der Waals surface area contributed by atoms with Gasteiger partial charge in [0.1, 0.15) is 5.75 Å². The van der Waals surface area contributed by atoms with Gasteiger partial charge in [0.25, 0.3) is 0 Å². The quantitative estimate of drug-likeness (QED) is 0.723. The first kappa shape index (κ1) is 18.8. The summed E-state index contributed by atoms with van der Waals surface area (Å²) in [6.45, 7) is 1.48. The first-order valence-electron chi connectivity index (χ1n) is 9.95. The van der Waals surface area contributed by atoms with Gasteiger partial charge in [0.2, 0.25) is 5.91 Å². The van der Waals surface area contributed by atoms with Gasteiger partial charge in [0.05, 0.1) is 17.3 Å². The van der Waals surface area contributed by atoms with Crippen LogP contribution >= 0.6 is 0 Å². The molecule has 29 heavy (non-hydrogen) atoms. The van der Waals surface area contributed by atoms with Crippen LogP contribution in [-0.2, 0) is 11.2 Å². The van der Waals surface area contributed by atoms with E-state index in [1.807, 2.05) is 53.5 Å². The average molecular weight is 385 g/mol. The van der Waals surface area contributed by atoms with Crippen molar-refractivity contribution in [2.75, 3.05) is 18.1 Å². The third-order valence-electron chi connectivity index (χ3n) is 5.43. The van der Waals surface area contributed by atoms with E-state index in [2.05, 4.69) is 11.1 Å². The van der Waals surface area contributed by atoms with Crippen LogP contribution in [-0.4, -0.2) is 29.1 Å². The molecule has 0 spiro atoms. The Kier molecular flexibility index (Phi) is 5.35. The van der Waals surface area contributed by atoms with Crippen molar-refractivity contribution in [3.05, 3.63) is 71.8 Å². The third-order valence-corrected chi connectivity index (χ3v) is 5.43. The lowest BCUT2D eigenvalue weighted by atomic mass is 10.0. The molecule has 1 N–H and O–H groups in total. The van der Waals surface area contributed by atoms with Gasteiger partial charge in [-0.05, 0) is 49.1 Å². The Morgan fingerprint density at radius 3 is 2.45 bits per heavy atom. The van der Waals surface area contributed by atoms with Crippen LogP contribution in [0.4, 0.5) is 5.69 Å². The van der Waals surface area contributed by atoms with Crippen molar-refractivity contribution in [2.45, 2.75) is 25.7 Å². The van der Waals surface area contributed by atoms with E-state index in [4.69, 9.17) is 0 Å². The number of hydrazine groups is 1. The molecule has 4 rings (SSSR count). The summed E-state index contributed by atoms with van der Waals surface area (Å²) in [6.07, 6.45) is 3.05. The molecule has 0 aromatic heterocycles. The van der Waals surface area contributed by atoms with Gasteiger partial charge >= 0.3 is 0 Å². The number of phenolic OH excluding ortho intramolecular Hbond substituents is 1. The van der Waals surface area contributed by atoms with E-state index in [1.54, 1.807) is 12.1 Å². The summed E-state index contributed by atoms with van der Waals surface area (Å²) >= 11 is 0. The van der Waals surface area contributed by atoms with E-state index in [1.165, 1.54) is 0 Å². The highest BCUT2D eigenvalue weighted by Gasteiger charge is 2.26. The highest BCUT2D eigenvalue weighted by molar-refractivity contribution is 5.98. The van der Waals surface area contributed by atoms with Crippen LogP contribution in [0.25, 0.3) is 10.8 Å². The van der Waals surface area contributed by atoms with E-state index in [0.29, 0.717) is 24.9 Å². The summed E-state index contributed by atoms with van der Waals surface area (Å²) in [6, 6.07) is 20.9. The average Bonchev–Trinajstić information content (AvgIpc) is 2.78. The lowest BCUT2D eigenvalue weighted by Crippen LogP contribution is -2.50. The van der Waals surface area contributed by atoms with Gasteiger partial charge < -0.3 is 5.11 Å². The molecule has 0 aliphatic carbocycles. The summed E-state index contributed by atoms with van der Waals surface area (Å²) < 4.78 is 0. The first-order chi connectivity index (χ1) is 14.2. The molecule has 1 aliphatic rings. The van der Waals surface area contributed by atoms with E-state index in [9.17, 15) is 15.2 Å². The SMILES string of the molecule is N#Cc1ccc(N2CCCCN2C(=O)CCc2ccc(O)cc2)c2ccccc12. The molecule has 1 saturated heterocycles. The zero-order valence-electron chi connectivity index (χ0n) is 16.2. The lowest BCUT2D eigenvalue weighted by Gasteiger charge is -2.41. The molecule has 3 aromatic rings. The van der Waals surface area contributed by atoms with Crippen LogP contribution in [0.2, 0.25) is 0 Å². The predicted molar refractivity (Wildman–Crippen MR) is 113 cm³/mol. The second-order valence-electron chi connectivity index (χ2n) is 7.30. The molecule has 0 radical (unpaired) electrons. The van der Waals surface area contributed by atoms with Gasteiger partial charge in [-0.25, -0.2) is 0 Å². The summed E-state index contributed by atoms with van der Waals surface area (Å²) in [5, 5.41) is 24.7. The summed E-state index contributed by atoms with van der Waals surface area (Å²) in [4.78, 5) is 13.1. The number of aryl methyl sites for hydroxylation is 1. The molecule has 5 nitrogen and oxygen atoms in total. The number of anilines is 1. The predicted octanol–water partition coefficient (Wildman–Crippen LogP) is 4.39. The number of rotatable bonds is 4. The second-order valence-corrected chi connectivity index (χ2v) is 7.30. The number of carbonyl (C=O) groups is 1. The minimum Gasteiger partial charge on any atom is -0.508 e. The number of carbonyl (C=O) groups excluding carboxylic acids is 1. The Balaban J connectivity index is 1.59. The molecule has 1 amide bonds. The standard InChI is InChI=1S/C24H23N3O2/c25-17-19-10-13-23(22-6-2-1-5-21(19)22)26-15-3-4-16-27(26)24(29)14-9-18-7-11-20(28)12-8-18/h1-2,5-8,10-13,28H,3-4,9,14-16H2. The van der Waals surface area contributed by atoms with Crippen LogP contribution in [0.1, 0.15) is 30.4 Å². The van der Waals surface area contributed by atoms with Crippen LogP contribution in [0.5, 0.6) is 5.75 Å². The number of benzene rings is 3. The molecule has 5 heteroatoms. The van der Waals surface area contributed by atoms with E-state index in [-0.39, 0.29) is 11.7 Å². The van der Waals surface area contributed by atoms with Crippen LogP contribution in [0.3, 0.4) is 0 Å². The Bertz CT molecular complexity index is 1070. The van der Waals surface area contributed by atoms with Crippen molar-refractivity contribution < 1.29 is 9.90 Å². The summed E-state index contributed by atoms with van der Waals surface area (Å²) in [5.74, 6) is 0.321. The van der Waals surface area contributed by atoms with Crippen LogP contribution < -0.4 is 5.01 Å². The number of nitriles is 1. The normalized spacial score (nSPS) is 14.0. The monoisotopic (exact) mass is 385 g/mol. The molecule has 0 unspecified atom stereocenters. The van der Waals surface area contributed by atoms with E-state index in [0.717, 1.165) is 41.4 Å².